The van der Waals surface area contributed by atoms with Crippen LogP contribution in [-0.4, -0.2) is 5.78 Å². The Balaban J connectivity index is 1.98. The van der Waals surface area contributed by atoms with Crippen molar-refractivity contribution >= 4 is 5.78 Å². The highest BCUT2D eigenvalue weighted by Gasteiger charge is 2.16. The maximum Gasteiger partial charge on any atom is 0.160 e. The minimum atomic E-state index is 0.252. The van der Waals surface area contributed by atoms with E-state index in [4.69, 9.17) is 0 Å². The molecule has 1 aromatic rings. The molecule has 0 heterocycles. The van der Waals surface area contributed by atoms with Crippen molar-refractivity contribution in [2.24, 2.45) is 0 Å². The SMILES string of the molecule is C[C@@H](NC=C1CCCC1=O)c1ccccc1. The lowest BCUT2D eigenvalue weighted by molar-refractivity contribution is -0.114. The van der Waals surface area contributed by atoms with E-state index in [1.165, 1.54) is 5.56 Å². The molecule has 0 aliphatic heterocycles. The standard InChI is InChI=1S/C14H17NO/c1-11(12-6-3-2-4-7-12)15-10-13-8-5-9-14(13)16/h2-4,6-7,10-11,15H,5,8-9H2,1H3/t11-/m1/s1. The van der Waals surface area contributed by atoms with Crippen LogP contribution in [0.25, 0.3) is 0 Å². The molecular weight excluding hydrogens is 198 g/mol. The van der Waals surface area contributed by atoms with Crippen molar-refractivity contribution in [2.45, 2.75) is 32.2 Å². The first-order chi connectivity index (χ1) is 7.77. The molecule has 2 nitrogen and oxygen atoms in total. The second kappa shape index (κ2) is 4.97. The number of benzene rings is 1. The van der Waals surface area contributed by atoms with Crippen LogP contribution in [-0.2, 0) is 4.79 Å². The highest BCUT2D eigenvalue weighted by Crippen LogP contribution is 2.20. The molecule has 1 aromatic carbocycles. The van der Waals surface area contributed by atoms with Crippen LogP contribution in [0.5, 0.6) is 0 Å². The first-order valence-electron chi connectivity index (χ1n) is 5.80. The highest BCUT2D eigenvalue weighted by atomic mass is 16.1. The molecule has 1 saturated carbocycles. The Morgan fingerprint density at radius 2 is 2.00 bits per heavy atom. The number of nitrogens with one attached hydrogen (secondary N) is 1. The van der Waals surface area contributed by atoms with Crippen molar-refractivity contribution in [1.82, 2.24) is 5.32 Å². The van der Waals surface area contributed by atoms with Gasteiger partial charge in [-0.2, -0.15) is 0 Å². The molecule has 1 fully saturated rings. The predicted octanol–water partition coefficient (Wildman–Crippen LogP) is 2.97. The van der Waals surface area contributed by atoms with Crippen LogP contribution in [0.2, 0.25) is 0 Å². The molecule has 16 heavy (non-hydrogen) atoms. The van der Waals surface area contributed by atoms with Crippen LogP contribution in [0, 0.1) is 0 Å². The van der Waals surface area contributed by atoms with Crippen LogP contribution >= 0.6 is 0 Å². The second-order valence-electron chi connectivity index (χ2n) is 4.25. The molecule has 1 N–H and O–H groups in total. The van der Waals surface area contributed by atoms with Crippen molar-refractivity contribution in [3.8, 4) is 0 Å². The van der Waals surface area contributed by atoms with Crippen molar-refractivity contribution in [3.05, 3.63) is 47.7 Å². The summed E-state index contributed by atoms with van der Waals surface area (Å²) in [5.41, 5.74) is 2.19. The molecule has 2 heteroatoms. The van der Waals surface area contributed by atoms with Crippen molar-refractivity contribution < 1.29 is 4.79 Å². The number of allylic oxidation sites excluding steroid dienone is 1. The minimum absolute atomic E-state index is 0.252. The number of carbonyl (C=O) groups is 1. The lowest BCUT2D eigenvalue weighted by Crippen LogP contribution is -2.13. The first kappa shape index (κ1) is 10.9. The van der Waals surface area contributed by atoms with Gasteiger partial charge in [0, 0.05) is 24.2 Å². The van der Waals surface area contributed by atoms with E-state index in [2.05, 4.69) is 24.4 Å². The molecule has 84 valence electrons. The molecule has 0 radical (unpaired) electrons. The number of ketones is 1. The monoisotopic (exact) mass is 215 g/mol. The molecule has 0 unspecified atom stereocenters. The van der Waals surface area contributed by atoms with Crippen LogP contribution in [0.1, 0.15) is 37.8 Å². The molecule has 2 rings (SSSR count). The molecule has 0 bridgehead atoms. The normalized spacial score (nSPS) is 20.1. The summed E-state index contributed by atoms with van der Waals surface area (Å²) in [6.45, 7) is 2.10. The van der Waals surface area contributed by atoms with E-state index < -0.39 is 0 Å². The van der Waals surface area contributed by atoms with E-state index in [-0.39, 0.29) is 6.04 Å². The number of Topliss-reactive ketones (excluding diaryl/α,β-unsaturated/α-hetero) is 1. The Kier molecular flexibility index (Phi) is 3.40. The fourth-order valence-electron chi connectivity index (χ4n) is 1.96. The summed E-state index contributed by atoms with van der Waals surface area (Å²) in [5, 5.41) is 3.29. The predicted molar refractivity (Wildman–Crippen MR) is 64.9 cm³/mol. The average Bonchev–Trinajstić information content (AvgIpc) is 2.73. The third-order valence-corrected chi connectivity index (χ3v) is 3.02. The van der Waals surface area contributed by atoms with Gasteiger partial charge in [0.1, 0.15) is 0 Å². The van der Waals surface area contributed by atoms with E-state index in [1.54, 1.807) is 0 Å². The van der Waals surface area contributed by atoms with Crippen molar-refractivity contribution in [3.63, 3.8) is 0 Å². The average molecular weight is 215 g/mol. The van der Waals surface area contributed by atoms with Gasteiger partial charge in [-0.3, -0.25) is 4.79 Å². The zero-order valence-electron chi connectivity index (χ0n) is 9.57. The Morgan fingerprint density at radius 3 is 2.62 bits per heavy atom. The van der Waals surface area contributed by atoms with Gasteiger partial charge in [0.05, 0.1) is 0 Å². The van der Waals surface area contributed by atoms with Crippen LogP contribution < -0.4 is 5.32 Å². The third kappa shape index (κ3) is 2.51. The summed E-state index contributed by atoms with van der Waals surface area (Å²) in [4.78, 5) is 11.4. The minimum Gasteiger partial charge on any atom is -0.384 e. The van der Waals surface area contributed by atoms with Crippen molar-refractivity contribution in [1.29, 1.82) is 0 Å². The van der Waals surface area contributed by atoms with Gasteiger partial charge in [-0.1, -0.05) is 30.3 Å². The van der Waals surface area contributed by atoms with Crippen LogP contribution in [0.3, 0.4) is 0 Å². The number of carbonyl (C=O) groups excluding carboxylic acids is 1. The van der Waals surface area contributed by atoms with Gasteiger partial charge in [0.25, 0.3) is 0 Å². The number of rotatable bonds is 3. The molecular formula is C14H17NO. The fourth-order valence-corrected chi connectivity index (χ4v) is 1.96. The first-order valence-corrected chi connectivity index (χ1v) is 5.80. The lowest BCUT2D eigenvalue weighted by Gasteiger charge is -2.12. The second-order valence-corrected chi connectivity index (χ2v) is 4.25. The van der Waals surface area contributed by atoms with Crippen LogP contribution in [0.4, 0.5) is 0 Å². The maximum absolute atomic E-state index is 11.4. The smallest absolute Gasteiger partial charge is 0.160 e. The molecule has 0 aromatic heterocycles. The van der Waals surface area contributed by atoms with Crippen LogP contribution in [0.15, 0.2) is 42.1 Å². The van der Waals surface area contributed by atoms with Gasteiger partial charge in [-0.15, -0.1) is 0 Å². The Morgan fingerprint density at radius 1 is 1.25 bits per heavy atom. The largest absolute Gasteiger partial charge is 0.384 e. The summed E-state index contributed by atoms with van der Waals surface area (Å²) in [6.07, 6.45) is 4.54. The third-order valence-electron chi connectivity index (χ3n) is 3.02. The lowest BCUT2D eigenvalue weighted by atomic mass is 10.1. The Labute approximate surface area is 96.4 Å². The number of hydrogen-bond donors (Lipinski definition) is 1. The van der Waals surface area contributed by atoms with E-state index in [9.17, 15) is 4.79 Å². The maximum atomic E-state index is 11.4. The van der Waals surface area contributed by atoms with Gasteiger partial charge in [0.15, 0.2) is 5.78 Å². The van der Waals surface area contributed by atoms with Gasteiger partial charge in [0.2, 0.25) is 0 Å². The van der Waals surface area contributed by atoms with Gasteiger partial charge in [-0.25, -0.2) is 0 Å². The summed E-state index contributed by atoms with van der Waals surface area (Å²) in [6, 6.07) is 10.5. The molecule has 1 aliphatic rings. The van der Waals surface area contributed by atoms with E-state index >= 15 is 0 Å². The zero-order chi connectivity index (χ0) is 11.4. The zero-order valence-corrected chi connectivity index (χ0v) is 9.57. The van der Waals surface area contributed by atoms with Crippen molar-refractivity contribution in [2.75, 3.05) is 0 Å². The molecule has 1 atom stereocenters. The van der Waals surface area contributed by atoms with Gasteiger partial charge in [-0.05, 0) is 25.3 Å². The summed E-state index contributed by atoms with van der Waals surface area (Å²) < 4.78 is 0. The summed E-state index contributed by atoms with van der Waals surface area (Å²) in [7, 11) is 0. The summed E-state index contributed by atoms with van der Waals surface area (Å²) in [5.74, 6) is 0.299. The Hall–Kier alpha value is -1.57. The number of hydrogen-bond acceptors (Lipinski definition) is 2. The molecule has 0 saturated heterocycles. The summed E-state index contributed by atoms with van der Waals surface area (Å²) >= 11 is 0. The van der Waals surface area contributed by atoms with E-state index in [1.807, 2.05) is 24.4 Å². The van der Waals surface area contributed by atoms with E-state index in [0.717, 1.165) is 18.4 Å². The molecule has 0 spiro atoms. The molecule has 0 amide bonds. The Bertz CT molecular complexity index is 394. The van der Waals surface area contributed by atoms with Gasteiger partial charge < -0.3 is 5.32 Å². The fraction of sp³-hybridized carbons (Fsp3) is 0.357. The quantitative estimate of drug-likeness (QED) is 0.785. The van der Waals surface area contributed by atoms with E-state index in [0.29, 0.717) is 12.2 Å². The highest BCUT2D eigenvalue weighted by molar-refractivity contribution is 5.97. The topological polar surface area (TPSA) is 29.1 Å². The van der Waals surface area contributed by atoms with Gasteiger partial charge >= 0.3 is 0 Å². The molecule has 1 aliphatic carbocycles.